The number of benzene rings is 2. The number of sulfonamides is 1. The summed E-state index contributed by atoms with van der Waals surface area (Å²) in [6.07, 6.45) is 0.727. The first kappa shape index (κ1) is 20.9. The number of amides is 1. The monoisotopic (exact) mass is 394 g/mol. The molecule has 2 aromatic rings. The molecule has 8 heteroatoms. The van der Waals surface area contributed by atoms with Crippen molar-refractivity contribution in [1.29, 1.82) is 0 Å². The summed E-state index contributed by atoms with van der Waals surface area (Å²) in [5.74, 6) is 0.00711. The first-order valence-corrected chi connectivity index (χ1v) is 9.90. The fourth-order valence-electron chi connectivity index (χ4n) is 2.33. The van der Waals surface area contributed by atoms with Gasteiger partial charge in [-0.1, -0.05) is 18.2 Å². The van der Waals surface area contributed by atoms with Crippen molar-refractivity contribution >= 4 is 15.9 Å². The van der Waals surface area contributed by atoms with Crippen molar-refractivity contribution in [2.75, 3.05) is 20.7 Å². The van der Waals surface area contributed by atoms with Gasteiger partial charge in [0.15, 0.2) is 0 Å². The zero-order valence-corrected chi connectivity index (χ0v) is 16.1. The van der Waals surface area contributed by atoms with Gasteiger partial charge in [-0.2, -0.15) is 0 Å². The second kappa shape index (κ2) is 9.48. The summed E-state index contributed by atoms with van der Waals surface area (Å²) in [4.78, 5) is 12.2. The highest BCUT2D eigenvalue weighted by molar-refractivity contribution is 7.89. The van der Waals surface area contributed by atoms with E-state index < -0.39 is 10.0 Å². The minimum absolute atomic E-state index is 0.126. The van der Waals surface area contributed by atoms with E-state index in [0.717, 1.165) is 4.31 Å². The lowest BCUT2D eigenvalue weighted by molar-refractivity contribution is -0.121. The third kappa shape index (κ3) is 6.04. The van der Waals surface area contributed by atoms with E-state index in [4.69, 9.17) is 4.74 Å². The first-order valence-electron chi connectivity index (χ1n) is 8.46. The fourth-order valence-corrected chi connectivity index (χ4v) is 3.45. The first-order chi connectivity index (χ1) is 12.8. The lowest BCUT2D eigenvalue weighted by Gasteiger charge is -2.15. The summed E-state index contributed by atoms with van der Waals surface area (Å²) >= 11 is 0. The maximum absolute atomic E-state index is 12.8. The van der Waals surface area contributed by atoms with E-state index in [2.05, 4.69) is 5.32 Å². The highest BCUT2D eigenvalue weighted by atomic mass is 32.2. The molecule has 0 fully saturated rings. The number of carbonyl (C=O) groups excluding carboxylic acids is 1. The van der Waals surface area contributed by atoms with E-state index in [1.54, 1.807) is 18.2 Å². The van der Waals surface area contributed by atoms with Gasteiger partial charge in [0.1, 0.15) is 11.6 Å². The average Bonchev–Trinajstić information content (AvgIpc) is 2.65. The minimum Gasteiger partial charge on any atom is -0.494 e. The molecule has 0 bridgehead atoms. The van der Waals surface area contributed by atoms with E-state index in [1.165, 1.54) is 44.4 Å². The van der Waals surface area contributed by atoms with Crippen LogP contribution in [0.3, 0.4) is 0 Å². The third-order valence-electron chi connectivity index (χ3n) is 3.84. The van der Waals surface area contributed by atoms with Crippen LogP contribution in [-0.2, 0) is 21.4 Å². The highest BCUT2D eigenvalue weighted by Crippen LogP contribution is 2.18. The Bertz CT molecular complexity index is 868. The number of nitrogens with one attached hydrogen (secondary N) is 1. The topological polar surface area (TPSA) is 75.7 Å². The maximum atomic E-state index is 12.8. The second-order valence-electron chi connectivity index (χ2n) is 6.08. The lowest BCUT2D eigenvalue weighted by atomic mass is 10.2. The number of ether oxygens (including phenoxy) is 1. The molecule has 0 radical (unpaired) electrons. The van der Waals surface area contributed by atoms with E-state index >= 15 is 0 Å². The van der Waals surface area contributed by atoms with E-state index in [0.29, 0.717) is 24.3 Å². The Morgan fingerprint density at radius 2 is 1.78 bits per heavy atom. The number of rotatable bonds is 9. The van der Waals surface area contributed by atoms with Crippen LogP contribution in [0.25, 0.3) is 0 Å². The molecular weight excluding hydrogens is 371 g/mol. The Balaban J connectivity index is 1.81. The molecule has 0 spiro atoms. The van der Waals surface area contributed by atoms with Crippen LogP contribution in [0.4, 0.5) is 4.39 Å². The SMILES string of the molecule is CN(C)S(=O)(=O)c1ccccc1CNC(=O)CCCOc1ccc(F)cc1. The number of hydrogen-bond acceptors (Lipinski definition) is 4. The molecule has 0 saturated heterocycles. The smallest absolute Gasteiger partial charge is 0.242 e. The van der Waals surface area contributed by atoms with Crippen molar-refractivity contribution in [2.24, 2.45) is 0 Å². The van der Waals surface area contributed by atoms with Crippen LogP contribution in [0.5, 0.6) is 5.75 Å². The molecule has 146 valence electrons. The average molecular weight is 394 g/mol. The summed E-state index contributed by atoms with van der Waals surface area (Å²) in [5.41, 5.74) is 0.530. The van der Waals surface area contributed by atoms with E-state index in [1.807, 2.05) is 0 Å². The van der Waals surface area contributed by atoms with Gasteiger partial charge in [0.2, 0.25) is 15.9 Å². The van der Waals surface area contributed by atoms with Crippen molar-refractivity contribution in [3.8, 4) is 5.75 Å². The molecule has 1 N–H and O–H groups in total. The Morgan fingerprint density at radius 1 is 1.11 bits per heavy atom. The van der Waals surface area contributed by atoms with Crippen LogP contribution < -0.4 is 10.1 Å². The molecule has 0 heterocycles. The van der Waals surface area contributed by atoms with Gasteiger partial charge < -0.3 is 10.1 Å². The third-order valence-corrected chi connectivity index (χ3v) is 5.75. The maximum Gasteiger partial charge on any atom is 0.242 e. The largest absolute Gasteiger partial charge is 0.494 e. The van der Waals surface area contributed by atoms with Gasteiger partial charge in [-0.25, -0.2) is 17.1 Å². The lowest BCUT2D eigenvalue weighted by Crippen LogP contribution is -2.27. The molecule has 0 aromatic heterocycles. The van der Waals surface area contributed by atoms with Gasteiger partial charge in [-0.05, 0) is 42.3 Å². The summed E-state index contributed by atoms with van der Waals surface area (Å²) in [5, 5.41) is 2.73. The number of halogens is 1. The molecule has 0 atom stereocenters. The Kier molecular flexibility index (Phi) is 7.32. The van der Waals surface area contributed by atoms with E-state index in [9.17, 15) is 17.6 Å². The van der Waals surface area contributed by atoms with Gasteiger partial charge in [-0.15, -0.1) is 0 Å². The molecule has 0 saturated carbocycles. The molecule has 0 unspecified atom stereocenters. The fraction of sp³-hybridized carbons (Fsp3) is 0.316. The van der Waals surface area contributed by atoms with Gasteiger partial charge in [0.25, 0.3) is 0 Å². The molecular formula is C19H23FN2O4S. The summed E-state index contributed by atoms with van der Waals surface area (Å²) in [7, 11) is -0.647. The Labute approximate surface area is 159 Å². The van der Waals surface area contributed by atoms with Gasteiger partial charge in [0.05, 0.1) is 11.5 Å². The van der Waals surface area contributed by atoms with Gasteiger partial charge in [-0.3, -0.25) is 4.79 Å². The normalized spacial score (nSPS) is 11.4. The van der Waals surface area contributed by atoms with Crippen LogP contribution >= 0.6 is 0 Å². The minimum atomic E-state index is -3.57. The van der Waals surface area contributed by atoms with Crippen LogP contribution in [0.2, 0.25) is 0 Å². The van der Waals surface area contributed by atoms with Crippen molar-refractivity contribution in [3.05, 3.63) is 59.9 Å². The highest BCUT2D eigenvalue weighted by Gasteiger charge is 2.20. The van der Waals surface area contributed by atoms with Gasteiger partial charge >= 0.3 is 0 Å². The summed E-state index contributed by atoms with van der Waals surface area (Å²) in [6.45, 7) is 0.450. The summed E-state index contributed by atoms with van der Waals surface area (Å²) in [6, 6.07) is 12.2. The Hall–Kier alpha value is -2.45. The van der Waals surface area contributed by atoms with Crippen LogP contribution in [0.15, 0.2) is 53.4 Å². The standard InChI is InChI=1S/C19H23FN2O4S/c1-22(2)27(24,25)18-7-4-3-6-15(18)14-21-19(23)8-5-13-26-17-11-9-16(20)10-12-17/h3-4,6-7,9-12H,5,8,13-14H2,1-2H3,(H,21,23). The van der Waals surface area contributed by atoms with E-state index in [-0.39, 0.29) is 29.6 Å². The van der Waals surface area contributed by atoms with Crippen LogP contribution in [0, 0.1) is 5.82 Å². The molecule has 2 rings (SSSR count). The van der Waals surface area contributed by atoms with Crippen LogP contribution in [-0.4, -0.2) is 39.3 Å². The molecule has 2 aromatic carbocycles. The van der Waals surface area contributed by atoms with Gasteiger partial charge in [0, 0.05) is 27.1 Å². The molecule has 6 nitrogen and oxygen atoms in total. The zero-order valence-electron chi connectivity index (χ0n) is 15.3. The number of hydrogen-bond donors (Lipinski definition) is 1. The number of nitrogens with zero attached hydrogens (tertiary/aromatic N) is 1. The molecule has 0 aliphatic rings. The second-order valence-corrected chi connectivity index (χ2v) is 8.20. The molecule has 1 amide bonds. The molecule has 27 heavy (non-hydrogen) atoms. The van der Waals surface area contributed by atoms with Crippen molar-refractivity contribution in [1.82, 2.24) is 9.62 Å². The number of carbonyl (C=O) groups is 1. The van der Waals surface area contributed by atoms with Crippen LogP contribution in [0.1, 0.15) is 18.4 Å². The van der Waals surface area contributed by atoms with Crippen molar-refractivity contribution in [2.45, 2.75) is 24.3 Å². The predicted octanol–water partition coefficient (Wildman–Crippen LogP) is 2.55. The quantitative estimate of drug-likeness (QED) is 0.663. The molecule has 0 aliphatic carbocycles. The zero-order chi connectivity index (χ0) is 19.9. The van der Waals surface area contributed by atoms with Crippen molar-refractivity contribution in [3.63, 3.8) is 0 Å². The molecule has 0 aliphatic heterocycles. The Morgan fingerprint density at radius 3 is 2.44 bits per heavy atom. The van der Waals surface area contributed by atoms with Crippen molar-refractivity contribution < 1.29 is 22.3 Å². The predicted molar refractivity (Wildman–Crippen MR) is 100 cm³/mol. The summed E-state index contributed by atoms with van der Waals surface area (Å²) < 4.78 is 44.0.